The summed E-state index contributed by atoms with van der Waals surface area (Å²) in [5, 5.41) is 0. The number of amides is 1. The Morgan fingerprint density at radius 2 is 1.89 bits per heavy atom. The van der Waals surface area contributed by atoms with Gasteiger partial charge < -0.3 is 10.6 Å². The van der Waals surface area contributed by atoms with Crippen molar-refractivity contribution in [1.29, 1.82) is 0 Å². The molecule has 0 radical (unpaired) electrons. The first-order valence-electron chi connectivity index (χ1n) is 6.82. The van der Waals surface area contributed by atoms with Gasteiger partial charge in [-0.25, -0.2) is 4.39 Å². The Hall–Kier alpha value is -1.42. The lowest BCUT2D eigenvalue weighted by atomic mass is 10.0. The van der Waals surface area contributed by atoms with Gasteiger partial charge >= 0.3 is 0 Å². The zero-order chi connectivity index (χ0) is 14.4. The van der Waals surface area contributed by atoms with Crippen LogP contribution in [0.5, 0.6) is 0 Å². The minimum atomic E-state index is -0.451. The highest BCUT2D eigenvalue weighted by Gasteiger charge is 2.24. The minimum Gasteiger partial charge on any atom is -0.335 e. The number of halogens is 1. The molecule has 0 saturated heterocycles. The average Bonchev–Trinajstić information content (AvgIpc) is 2.40. The molecular weight excluding hydrogens is 243 g/mol. The molecule has 0 aliphatic carbocycles. The average molecular weight is 266 g/mol. The third-order valence-corrected chi connectivity index (χ3v) is 3.36. The molecule has 2 atom stereocenters. The highest BCUT2D eigenvalue weighted by atomic mass is 19.1. The van der Waals surface area contributed by atoms with E-state index in [0.29, 0.717) is 13.0 Å². The molecule has 1 rings (SSSR count). The van der Waals surface area contributed by atoms with Crippen molar-refractivity contribution in [3.63, 3.8) is 0 Å². The zero-order valence-electron chi connectivity index (χ0n) is 11.9. The van der Waals surface area contributed by atoms with Crippen molar-refractivity contribution < 1.29 is 9.18 Å². The summed E-state index contributed by atoms with van der Waals surface area (Å²) in [6.07, 6.45) is 1.57. The molecule has 1 unspecified atom stereocenters. The molecule has 4 heteroatoms. The normalized spacial score (nSPS) is 13.9. The van der Waals surface area contributed by atoms with Gasteiger partial charge in [0, 0.05) is 6.54 Å². The maximum atomic E-state index is 12.9. The van der Waals surface area contributed by atoms with Crippen molar-refractivity contribution in [3.05, 3.63) is 35.6 Å². The molecule has 0 heterocycles. The molecule has 3 nitrogen and oxygen atoms in total. The summed E-state index contributed by atoms with van der Waals surface area (Å²) in [6, 6.07) is 5.70. The van der Waals surface area contributed by atoms with Gasteiger partial charge in [-0.1, -0.05) is 25.5 Å². The summed E-state index contributed by atoms with van der Waals surface area (Å²) in [4.78, 5) is 14.0. The summed E-state index contributed by atoms with van der Waals surface area (Å²) in [6.45, 7) is 6.46. The van der Waals surface area contributed by atoms with Crippen LogP contribution in [-0.4, -0.2) is 23.4 Å². The molecular formula is C15H23FN2O. The smallest absolute Gasteiger partial charge is 0.239 e. The van der Waals surface area contributed by atoms with Gasteiger partial charge in [0.25, 0.3) is 0 Å². The molecule has 0 aliphatic heterocycles. The summed E-state index contributed by atoms with van der Waals surface area (Å²) < 4.78 is 12.9. The van der Waals surface area contributed by atoms with Crippen LogP contribution in [0, 0.1) is 5.82 Å². The van der Waals surface area contributed by atoms with E-state index < -0.39 is 6.04 Å². The molecule has 0 saturated carbocycles. The Morgan fingerprint density at radius 1 is 1.32 bits per heavy atom. The summed E-state index contributed by atoms with van der Waals surface area (Å²) >= 11 is 0. The predicted molar refractivity (Wildman–Crippen MR) is 75.1 cm³/mol. The van der Waals surface area contributed by atoms with Crippen molar-refractivity contribution in [2.45, 2.75) is 45.7 Å². The SMILES string of the molecule is CCC[C@H](N)C(=O)N(CC)C(C)c1ccc(F)cc1. The second kappa shape index (κ2) is 7.24. The fraction of sp³-hybridized carbons (Fsp3) is 0.533. The number of carbonyl (C=O) groups excluding carboxylic acids is 1. The Kier molecular flexibility index (Phi) is 5.96. The number of nitrogens with zero attached hydrogens (tertiary/aromatic N) is 1. The lowest BCUT2D eigenvalue weighted by molar-refractivity contribution is -0.134. The van der Waals surface area contributed by atoms with Crippen LogP contribution in [0.3, 0.4) is 0 Å². The van der Waals surface area contributed by atoms with Crippen LogP contribution in [-0.2, 0) is 4.79 Å². The number of hydrogen-bond donors (Lipinski definition) is 1. The molecule has 2 N–H and O–H groups in total. The lowest BCUT2D eigenvalue weighted by Crippen LogP contribution is -2.44. The first kappa shape index (κ1) is 15.6. The van der Waals surface area contributed by atoms with E-state index in [4.69, 9.17) is 5.73 Å². The van der Waals surface area contributed by atoms with E-state index in [1.165, 1.54) is 12.1 Å². The largest absolute Gasteiger partial charge is 0.335 e. The van der Waals surface area contributed by atoms with Gasteiger partial charge in [-0.15, -0.1) is 0 Å². The molecule has 1 aromatic carbocycles. The maximum absolute atomic E-state index is 12.9. The Labute approximate surface area is 114 Å². The van der Waals surface area contributed by atoms with Crippen LogP contribution >= 0.6 is 0 Å². The Morgan fingerprint density at radius 3 is 2.37 bits per heavy atom. The minimum absolute atomic E-state index is 0.0406. The third-order valence-electron chi connectivity index (χ3n) is 3.36. The standard InChI is InChI=1S/C15H23FN2O/c1-4-6-14(17)15(19)18(5-2)11(3)12-7-9-13(16)10-8-12/h7-11,14H,4-6,17H2,1-3H3/t11?,14-/m0/s1. The van der Waals surface area contributed by atoms with Crippen LogP contribution in [0.25, 0.3) is 0 Å². The van der Waals surface area contributed by atoms with Crippen molar-refractivity contribution in [2.24, 2.45) is 5.73 Å². The summed E-state index contributed by atoms with van der Waals surface area (Å²) in [5.74, 6) is -0.311. The van der Waals surface area contributed by atoms with Crippen molar-refractivity contribution in [1.82, 2.24) is 4.90 Å². The second-order valence-electron chi connectivity index (χ2n) is 4.75. The molecule has 0 aliphatic rings. The van der Waals surface area contributed by atoms with Crippen LogP contribution in [0.15, 0.2) is 24.3 Å². The fourth-order valence-electron chi connectivity index (χ4n) is 2.19. The van der Waals surface area contributed by atoms with Gasteiger partial charge in [0.1, 0.15) is 5.82 Å². The quantitative estimate of drug-likeness (QED) is 0.860. The first-order valence-corrected chi connectivity index (χ1v) is 6.82. The van der Waals surface area contributed by atoms with E-state index in [1.54, 1.807) is 17.0 Å². The molecule has 1 aromatic rings. The maximum Gasteiger partial charge on any atom is 0.239 e. The number of nitrogens with two attached hydrogens (primary N) is 1. The third kappa shape index (κ3) is 4.03. The van der Waals surface area contributed by atoms with Crippen LogP contribution < -0.4 is 5.73 Å². The summed E-state index contributed by atoms with van der Waals surface area (Å²) in [7, 11) is 0. The zero-order valence-corrected chi connectivity index (χ0v) is 11.9. The van der Waals surface area contributed by atoms with E-state index in [-0.39, 0.29) is 17.8 Å². The fourth-order valence-corrected chi connectivity index (χ4v) is 2.19. The summed E-state index contributed by atoms with van der Waals surface area (Å²) in [5.41, 5.74) is 6.81. The van der Waals surface area contributed by atoms with E-state index in [0.717, 1.165) is 12.0 Å². The predicted octanol–water partition coefficient (Wildman–Crippen LogP) is 2.86. The van der Waals surface area contributed by atoms with E-state index in [9.17, 15) is 9.18 Å². The number of likely N-dealkylation sites (N-methyl/N-ethyl adjacent to an activating group) is 1. The van der Waals surface area contributed by atoms with E-state index in [2.05, 4.69) is 0 Å². The van der Waals surface area contributed by atoms with E-state index >= 15 is 0 Å². The lowest BCUT2D eigenvalue weighted by Gasteiger charge is -2.30. The van der Waals surface area contributed by atoms with Gasteiger partial charge in [-0.3, -0.25) is 4.79 Å². The van der Waals surface area contributed by atoms with Crippen LogP contribution in [0.4, 0.5) is 4.39 Å². The van der Waals surface area contributed by atoms with Crippen LogP contribution in [0.1, 0.15) is 45.2 Å². The number of hydrogen-bond acceptors (Lipinski definition) is 2. The number of benzene rings is 1. The highest BCUT2D eigenvalue weighted by molar-refractivity contribution is 5.82. The van der Waals surface area contributed by atoms with Gasteiger partial charge in [-0.2, -0.15) is 0 Å². The van der Waals surface area contributed by atoms with Gasteiger partial charge in [0.2, 0.25) is 5.91 Å². The molecule has 19 heavy (non-hydrogen) atoms. The molecule has 0 spiro atoms. The number of rotatable bonds is 6. The van der Waals surface area contributed by atoms with Crippen molar-refractivity contribution >= 4 is 5.91 Å². The van der Waals surface area contributed by atoms with Gasteiger partial charge in [0.05, 0.1) is 12.1 Å². The van der Waals surface area contributed by atoms with Crippen LogP contribution in [0.2, 0.25) is 0 Å². The molecule has 0 fully saturated rings. The molecule has 106 valence electrons. The number of carbonyl (C=O) groups is 1. The Bertz CT molecular complexity index is 405. The molecule has 0 bridgehead atoms. The van der Waals surface area contributed by atoms with Crippen molar-refractivity contribution in [3.8, 4) is 0 Å². The Balaban J connectivity index is 2.84. The van der Waals surface area contributed by atoms with Crippen molar-refractivity contribution in [2.75, 3.05) is 6.54 Å². The topological polar surface area (TPSA) is 46.3 Å². The highest BCUT2D eigenvalue weighted by Crippen LogP contribution is 2.21. The molecule has 0 aromatic heterocycles. The second-order valence-corrected chi connectivity index (χ2v) is 4.75. The van der Waals surface area contributed by atoms with Gasteiger partial charge in [0.15, 0.2) is 0 Å². The molecule has 1 amide bonds. The van der Waals surface area contributed by atoms with E-state index in [1.807, 2.05) is 20.8 Å². The first-order chi connectivity index (χ1) is 9.01. The monoisotopic (exact) mass is 266 g/mol. The van der Waals surface area contributed by atoms with Gasteiger partial charge in [-0.05, 0) is 38.0 Å².